The van der Waals surface area contributed by atoms with E-state index in [1.807, 2.05) is 20.8 Å². The number of rotatable bonds is 3. The highest BCUT2D eigenvalue weighted by Gasteiger charge is 2.20. The number of esters is 1. The van der Waals surface area contributed by atoms with Crippen LogP contribution in [-0.2, 0) is 14.3 Å². The van der Waals surface area contributed by atoms with Crippen LogP contribution in [0.5, 0.6) is 0 Å². The van der Waals surface area contributed by atoms with Crippen molar-refractivity contribution in [1.82, 2.24) is 4.90 Å². The third kappa shape index (κ3) is 5.47. The fraction of sp³-hybridized carbons (Fsp3) is 0.917. The molecule has 0 aromatic rings. The van der Waals surface area contributed by atoms with Gasteiger partial charge in [-0.25, -0.2) is 0 Å². The maximum Gasteiger partial charge on any atom is 0.307 e. The summed E-state index contributed by atoms with van der Waals surface area (Å²) in [5.41, 5.74) is -0.380. The molecule has 1 unspecified atom stereocenters. The van der Waals surface area contributed by atoms with E-state index in [0.29, 0.717) is 6.42 Å². The average molecular weight is 229 g/mol. The Kier molecular flexibility index (Phi) is 4.74. The first kappa shape index (κ1) is 13.5. The molecule has 4 nitrogen and oxygen atoms in total. The van der Waals surface area contributed by atoms with Gasteiger partial charge in [-0.05, 0) is 27.7 Å². The van der Waals surface area contributed by atoms with E-state index < -0.39 is 0 Å². The topological polar surface area (TPSA) is 38.8 Å². The Balaban J connectivity index is 2.21. The molecule has 0 saturated carbocycles. The molecule has 4 heteroatoms. The lowest BCUT2D eigenvalue weighted by atomic mass is 10.2. The number of hydrogen-bond donors (Lipinski definition) is 0. The molecule has 94 valence electrons. The zero-order valence-corrected chi connectivity index (χ0v) is 10.8. The van der Waals surface area contributed by atoms with E-state index in [0.717, 1.165) is 26.2 Å². The summed E-state index contributed by atoms with van der Waals surface area (Å²) in [5.74, 6) is -0.119. The van der Waals surface area contributed by atoms with Gasteiger partial charge in [0.2, 0.25) is 0 Å². The summed E-state index contributed by atoms with van der Waals surface area (Å²) >= 11 is 0. The molecule has 0 N–H and O–H groups in total. The molecule has 1 aliphatic heterocycles. The van der Waals surface area contributed by atoms with Crippen molar-refractivity contribution in [3.8, 4) is 0 Å². The lowest BCUT2D eigenvalue weighted by molar-refractivity contribution is -0.155. The predicted octanol–water partition coefficient (Wildman–Crippen LogP) is 1.44. The Morgan fingerprint density at radius 1 is 1.50 bits per heavy atom. The molecule has 16 heavy (non-hydrogen) atoms. The largest absolute Gasteiger partial charge is 0.460 e. The van der Waals surface area contributed by atoms with Crippen LogP contribution in [0.4, 0.5) is 0 Å². The van der Waals surface area contributed by atoms with E-state index in [1.54, 1.807) is 0 Å². The van der Waals surface area contributed by atoms with Crippen LogP contribution in [0.1, 0.15) is 34.1 Å². The van der Waals surface area contributed by atoms with Gasteiger partial charge in [-0.2, -0.15) is 0 Å². The first-order chi connectivity index (χ1) is 7.37. The van der Waals surface area contributed by atoms with Gasteiger partial charge in [-0.1, -0.05) is 0 Å². The fourth-order valence-electron chi connectivity index (χ4n) is 1.74. The molecule has 0 aliphatic carbocycles. The van der Waals surface area contributed by atoms with E-state index in [-0.39, 0.29) is 17.7 Å². The van der Waals surface area contributed by atoms with Crippen LogP contribution in [0.15, 0.2) is 0 Å². The van der Waals surface area contributed by atoms with Gasteiger partial charge >= 0.3 is 5.97 Å². The molecule has 1 atom stereocenters. The van der Waals surface area contributed by atoms with Gasteiger partial charge < -0.3 is 9.47 Å². The molecule has 0 bridgehead atoms. The number of carbonyl (C=O) groups excluding carboxylic acids is 1. The van der Waals surface area contributed by atoms with Gasteiger partial charge in [0, 0.05) is 19.6 Å². The summed E-state index contributed by atoms with van der Waals surface area (Å²) in [6, 6.07) is 0. The summed E-state index contributed by atoms with van der Waals surface area (Å²) in [4.78, 5) is 13.8. The Labute approximate surface area is 97.9 Å². The zero-order valence-electron chi connectivity index (χ0n) is 10.8. The maximum atomic E-state index is 11.5. The lowest BCUT2D eigenvalue weighted by Crippen LogP contribution is -2.42. The molecule has 0 amide bonds. The van der Waals surface area contributed by atoms with Gasteiger partial charge in [0.1, 0.15) is 5.60 Å². The van der Waals surface area contributed by atoms with Crippen molar-refractivity contribution in [3.63, 3.8) is 0 Å². The first-order valence-electron chi connectivity index (χ1n) is 5.92. The highest BCUT2D eigenvalue weighted by atomic mass is 16.6. The number of carbonyl (C=O) groups is 1. The van der Waals surface area contributed by atoms with Crippen molar-refractivity contribution in [2.24, 2.45) is 0 Å². The van der Waals surface area contributed by atoms with E-state index in [2.05, 4.69) is 11.8 Å². The van der Waals surface area contributed by atoms with Gasteiger partial charge in [-0.3, -0.25) is 9.69 Å². The minimum Gasteiger partial charge on any atom is -0.460 e. The Bertz CT molecular complexity index is 235. The molecule has 0 aromatic heterocycles. The standard InChI is InChI=1S/C12H23NO3/c1-10-9-13(7-8-15-10)6-5-11(14)16-12(2,3)4/h10H,5-9H2,1-4H3. The second-order valence-corrected chi connectivity index (χ2v) is 5.32. The van der Waals surface area contributed by atoms with Crippen LogP contribution in [-0.4, -0.2) is 48.8 Å². The summed E-state index contributed by atoms with van der Waals surface area (Å²) in [5, 5.41) is 0. The SMILES string of the molecule is CC1CN(CCC(=O)OC(C)(C)C)CCO1. The molecule has 0 radical (unpaired) electrons. The lowest BCUT2D eigenvalue weighted by Gasteiger charge is -2.31. The zero-order chi connectivity index (χ0) is 12.2. The van der Waals surface area contributed by atoms with Crippen LogP contribution in [0.25, 0.3) is 0 Å². The number of nitrogens with zero attached hydrogens (tertiary/aromatic N) is 1. The van der Waals surface area contributed by atoms with Gasteiger partial charge in [0.25, 0.3) is 0 Å². The number of ether oxygens (including phenoxy) is 2. The smallest absolute Gasteiger partial charge is 0.307 e. The van der Waals surface area contributed by atoms with Crippen LogP contribution in [0.3, 0.4) is 0 Å². The Hall–Kier alpha value is -0.610. The third-order valence-electron chi connectivity index (χ3n) is 2.38. The normalized spacial score (nSPS) is 23.1. The first-order valence-corrected chi connectivity index (χ1v) is 5.92. The van der Waals surface area contributed by atoms with Gasteiger partial charge in [-0.15, -0.1) is 0 Å². The second kappa shape index (κ2) is 5.64. The van der Waals surface area contributed by atoms with Crippen LogP contribution >= 0.6 is 0 Å². The molecule has 1 saturated heterocycles. The van der Waals surface area contributed by atoms with Crippen molar-refractivity contribution in [3.05, 3.63) is 0 Å². The molecule has 0 spiro atoms. The number of hydrogen-bond acceptors (Lipinski definition) is 4. The van der Waals surface area contributed by atoms with Crippen molar-refractivity contribution in [1.29, 1.82) is 0 Å². The molecule has 1 rings (SSSR count). The van der Waals surface area contributed by atoms with Crippen LogP contribution in [0, 0.1) is 0 Å². The highest BCUT2D eigenvalue weighted by Crippen LogP contribution is 2.10. The minimum absolute atomic E-state index is 0.119. The van der Waals surface area contributed by atoms with Crippen LogP contribution in [0.2, 0.25) is 0 Å². The molecular formula is C12H23NO3. The molecule has 0 aromatic carbocycles. The average Bonchev–Trinajstić information content (AvgIpc) is 2.12. The number of morpholine rings is 1. The quantitative estimate of drug-likeness (QED) is 0.686. The monoisotopic (exact) mass is 229 g/mol. The Morgan fingerprint density at radius 3 is 2.75 bits per heavy atom. The summed E-state index contributed by atoms with van der Waals surface area (Å²) in [6.07, 6.45) is 0.733. The summed E-state index contributed by atoms with van der Waals surface area (Å²) in [7, 11) is 0. The van der Waals surface area contributed by atoms with Crippen molar-refractivity contribution < 1.29 is 14.3 Å². The molecule has 1 aliphatic rings. The highest BCUT2D eigenvalue weighted by molar-refractivity contribution is 5.70. The second-order valence-electron chi connectivity index (χ2n) is 5.32. The van der Waals surface area contributed by atoms with E-state index in [1.165, 1.54) is 0 Å². The molecule has 1 heterocycles. The summed E-state index contributed by atoms with van der Waals surface area (Å²) in [6.45, 7) is 11.1. The fourth-order valence-corrected chi connectivity index (χ4v) is 1.74. The van der Waals surface area contributed by atoms with Crippen molar-refractivity contribution in [2.45, 2.75) is 45.8 Å². The van der Waals surface area contributed by atoms with E-state index >= 15 is 0 Å². The van der Waals surface area contributed by atoms with Crippen LogP contribution < -0.4 is 0 Å². The van der Waals surface area contributed by atoms with Gasteiger partial charge in [0.05, 0.1) is 19.1 Å². The van der Waals surface area contributed by atoms with Gasteiger partial charge in [0.15, 0.2) is 0 Å². The van der Waals surface area contributed by atoms with Crippen molar-refractivity contribution in [2.75, 3.05) is 26.2 Å². The predicted molar refractivity (Wildman–Crippen MR) is 62.3 cm³/mol. The molecule has 1 fully saturated rings. The van der Waals surface area contributed by atoms with E-state index in [9.17, 15) is 4.79 Å². The van der Waals surface area contributed by atoms with E-state index in [4.69, 9.17) is 9.47 Å². The minimum atomic E-state index is -0.380. The molecular weight excluding hydrogens is 206 g/mol. The Morgan fingerprint density at radius 2 is 2.19 bits per heavy atom. The third-order valence-corrected chi connectivity index (χ3v) is 2.38. The summed E-state index contributed by atoms with van der Waals surface area (Å²) < 4.78 is 10.7. The van der Waals surface area contributed by atoms with Crippen molar-refractivity contribution >= 4 is 5.97 Å². The maximum absolute atomic E-state index is 11.5.